The maximum absolute atomic E-state index is 12.0. The molecule has 1 aliphatic rings. The number of benzene rings is 1. The van der Waals surface area contributed by atoms with Gasteiger partial charge in [0.05, 0.1) is 33.7 Å². The Balaban J connectivity index is 2.25. The number of amides is 1. The van der Waals surface area contributed by atoms with Gasteiger partial charge in [0, 0.05) is 0 Å². The van der Waals surface area contributed by atoms with E-state index in [-0.39, 0.29) is 17.3 Å². The van der Waals surface area contributed by atoms with Crippen LogP contribution < -0.4 is 11.1 Å². The Morgan fingerprint density at radius 2 is 2.05 bits per heavy atom. The second-order valence-corrected chi connectivity index (χ2v) is 5.24. The van der Waals surface area contributed by atoms with Crippen molar-refractivity contribution < 1.29 is 14.3 Å². The Bertz CT molecular complexity index is 689. The Hall–Kier alpha value is -1.48. The summed E-state index contributed by atoms with van der Waals surface area (Å²) in [6.45, 7) is 1.74. The van der Waals surface area contributed by atoms with Gasteiger partial charge in [0.1, 0.15) is 11.4 Å². The molecule has 1 unspecified atom stereocenters. The molecule has 0 saturated heterocycles. The lowest BCUT2D eigenvalue weighted by molar-refractivity contribution is -0.146. The van der Waals surface area contributed by atoms with E-state index >= 15 is 0 Å². The van der Waals surface area contributed by atoms with E-state index in [1.807, 2.05) is 0 Å². The summed E-state index contributed by atoms with van der Waals surface area (Å²) in [6.07, 6.45) is 0. The molecule has 1 aliphatic heterocycles. The van der Waals surface area contributed by atoms with E-state index in [0.717, 1.165) is 11.4 Å². The van der Waals surface area contributed by atoms with Crippen LogP contribution in [-0.2, 0) is 25.7 Å². The topological polar surface area (TPSA) is 106 Å². The number of nitrogens with two attached hydrogens (primary N) is 1. The van der Waals surface area contributed by atoms with Gasteiger partial charge in [0.15, 0.2) is 6.04 Å². The van der Waals surface area contributed by atoms with Crippen molar-refractivity contribution >= 4 is 63.5 Å². The number of fused-ring (bicyclic) bond motifs is 1. The van der Waals surface area contributed by atoms with Crippen LogP contribution in [0, 0.1) is 0 Å². The van der Waals surface area contributed by atoms with Crippen molar-refractivity contribution in [3.05, 3.63) is 16.1 Å². The first-order chi connectivity index (χ1) is 9.95. The summed E-state index contributed by atoms with van der Waals surface area (Å²) < 4.78 is 12.7. The highest BCUT2D eigenvalue weighted by molar-refractivity contribution is 7.58. The van der Waals surface area contributed by atoms with Crippen LogP contribution in [0.5, 0.6) is 0 Å². The average Bonchev–Trinajstić information content (AvgIpc) is 2.92. The first-order valence-corrected chi connectivity index (χ1v) is 7.27. The van der Waals surface area contributed by atoms with Crippen molar-refractivity contribution in [2.45, 2.75) is 13.0 Å². The molecule has 1 heterocycles. The van der Waals surface area contributed by atoms with Gasteiger partial charge in [0.25, 0.3) is 5.91 Å². The number of carbonyl (C=O) groups is 2. The number of hydrogen-bond donors (Lipinski definition) is 2. The van der Waals surface area contributed by atoms with E-state index < -0.39 is 17.9 Å². The van der Waals surface area contributed by atoms with Crippen molar-refractivity contribution in [3.63, 3.8) is 0 Å². The molecule has 1 aromatic rings. The van der Waals surface area contributed by atoms with E-state index in [2.05, 4.69) is 18.8 Å². The van der Waals surface area contributed by atoms with Crippen LogP contribution in [0.4, 0.5) is 17.1 Å². The van der Waals surface area contributed by atoms with Crippen molar-refractivity contribution in [1.29, 1.82) is 0 Å². The zero-order valence-electron chi connectivity index (χ0n) is 10.7. The SMILES string of the molecule is CCOC(=O)C(N)C(=O)Nc1c(Cl)cc(Cl)c2c1N=S=N2. The predicted octanol–water partition coefficient (Wildman–Crippen LogP) is 2.55. The highest BCUT2D eigenvalue weighted by Gasteiger charge is 2.27. The second-order valence-electron chi connectivity index (χ2n) is 3.90. The molecule has 10 heteroatoms. The molecule has 112 valence electrons. The van der Waals surface area contributed by atoms with Gasteiger partial charge >= 0.3 is 5.97 Å². The van der Waals surface area contributed by atoms with Gasteiger partial charge in [-0.15, -0.1) is 0 Å². The van der Waals surface area contributed by atoms with Crippen molar-refractivity contribution in [3.8, 4) is 0 Å². The molecule has 0 fully saturated rings. The molecule has 1 aromatic carbocycles. The van der Waals surface area contributed by atoms with Crippen LogP contribution in [0.2, 0.25) is 10.0 Å². The van der Waals surface area contributed by atoms with Crippen molar-refractivity contribution in [1.82, 2.24) is 0 Å². The average molecular weight is 349 g/mol. The van der Waals surface area contributed by atoms with Gasteiger partial charge in [-0.2, -0.15) is 8.73 Å². The first kappa shape index (κ1) is 15.9. The summed E-state index contributed by atoms with van der Waals surface area (Å²) in [5.74, 6) is -1.58. The Kier molecular flexibility index (Phi) is 4.94. The van der Waals surface area contributed by atoms with Gasteiger partial charge in [0.2, 0.25) is 0 Å². The number of ether oxygens (including phenoxy) is 1. The number of halogens is 2. The Labute approximate surface area is 133 Å². The number of hydrogen-bond acceptors (Lipinski definition) is 6. The van der Waals surface area contributed by atoms with Gasteiger partial charge in [-0.25, -0.2) is 4.79 Å². The molecule has 1 amide bonds. The summed E-state index contributed by atoms with van der Waals surface area (Å²) in [7, 11) is 0. The molecule has 21 heavy (non-hydrogen) atoms. The molecule has 0 radical (unpaired) electrons. The normalized spacial score (nSPS) is 13.3. The van der Waals surface area contributed by atoms with E-state index in [4.69, 9.17) is 28.9 Å². The lowest BCUT2D eigenvalue weighted by atomic mass is 10.2. The fraction of sp³-hybridized carbons (Fsp3) is 0.273. The van der Waals surface area contributed by atoms with Crippen molar-refractivity contribution in [2.24, 2.45) is 14.5 Å². The van der Waals surface area contributed by atoms with Crippen LogP contribution in [-0.4, -0.2) is 24.5 Å². The molecule has 3 N–H and O–H groups in total. The van der Waals surface area contributed by atoms with Crippen LogP contribution in [0.25, 0.3) is 0 Å². The number of esters is 1. The fourth-order valence-corrected chi connectivity index (χ4v) is 2.69. The summed E-state index contributed by atoms with van der Waals surface area (Å²) in [5.41, 5.74) is 6.45. The quantitative estimate of drug-likeness (QED) is 0.653. The number of nitrogens with zero attached hydrogens (tertiary/aromatic N) is 2. The summed E-state index contributed by atoms with van der Waals surface area (Å²) in [6, 6.07) is -0.0310. The lowest BCUT2D eigenvalue weighted by Crippen LogP contribution is -2.43. The molecule has 1 atom stereocenters. The van der Waals surface area contributed by atoms with E-state index in [1.54, 1.807) is 6.92 Å². The van der Waals surface area contributed by atoms with Gasteiger partial charge in [-0.1, -0.05) is 23.2 Å². The summed E-state index contributed by atoms with van der Waals surface area (Å²) >= 11 is 12.9. The lowest BCUT2D eigenvalue weighted by Gasteiger charge is -2.14. The van der Waals surface area contributed by atoms with Crippen LogP contribution in [0.1, 0.15) is 6.92 Å². The molecule has 0 bridgehead atoms. The minimum atomic E-state index is -1.46. The van der Waals surface area contributed by atoms with E-state index in [0.29, 0.717) is 16.4 Å². The van der Waals surface area contributed by atoms with Crippen LogP contribution >= 0.6 is 23.2 Å². The van der Waals surface area contributed by atoms with E-state index in [1.165, 1.54) is 6.07 Å². The minimum Gasteiger partial charge on any atom is -0.464 e. The highest BCUT2D eigenvalue weighted by Crippen LogP contribution is 2.47. The predicted molar refractivity (Wildman–Crippen MR) is 81.2 cm³/mol. The molecule has 2 rings (SSSR count). The number of rotatable bonds is 4. The standard InChI is InChI=1S/C11H10Cl2N4O3S/c1-2-20-11(19)6(14)10(18)15-7-4(12)3-5(13)8-9(7)17-21-16-8/h3,6H,2,14H2,1H3,(H,15,18). The summed E-state index contributed by atoms with van der Waals surface area (Å²) in [5, 5.41) is 2.94. The molecular weight excluding hydrogens is 339 g/mol. The van der Waals surface area contributed by atoms with Gasteiger partial charge in [-0.3, -0.25) is 4.79 Å². The maximum atomic E-state index is 12.0. The Morgan fingerprint density at radius 1 is 1.38 bits per heavy atom. The fourth-order valence-electron chi connectivity index (χ4n) is 1.53. The first-order valence-electron chi connectivity index (χ1n) is 5.79. The minimum absolute atomic E-state index is 0.127. The Morgan fingerprint density at radius 3 is 2.71 bits per heavy atom. The zero-order valence-corrected chi connectivity index (χ0v) is 13.1. The number of anilines is 1. The molecule has 7 nitrogen and oxygen atoms in total. The smallest absolute Gasteiger partial charge is 0.332 e. The van der Waals surface area contributed by atoms with Gasteiger partial charge < -0.3 is 15.8 Å². The third-order valence-electron chi connectivity index (χ3n) is 2.52. The molecular formula is C11H10Cl2N4O3S. The third kappa shape index (κ3) is 3.24. The van der Waals surface area contributed by atoms with Crippen LogP contribution in [0.3, 0.4) is 0 Å². The molecule has 0 spiro atoms. The van der Waals surface area contributed by atoms with Crippen molar-refractivity contribution in [2.75, 3.05) is 11.9 Å². The molecule has 0 aromatic heterocycles. The molecule has 0 saturated carbocycles. The molecule has 0 aliphatic carbocycles. The van der Waals surface area contributed by atoms with Gasteiger partial charge in [-0.05, 0) is 13.0 Å². The summed E-state index contributed by atoms with van der Waals surface area (Å²) in [4.78, 5) is 23.4. The maximum Gasteiger partial charge on any atom is 0.332 e. The number of nitrogens with one attached hydrogen (secondary N) is 1. The monoisotopic (exact) mass is 348 g/mol. The largest absolute Gasteiger partial charge is 0.464 e. The number of carbonyl (C=O) groups excluding carboxylic acids is 2. The zero-order chi connectivity index (χ0) is 15.6. The third-order valence-corrected chi connectivity index (χ3v) is 3.63. The van der Waals surface area contributed by atoms with Crippen LogP contribution in [0.15, 0.2) is 14.8 Å². The van der Waals surface area contributed by atoms with E-state index in [9.17, 15) is 9.59 Å². The second kappa shape index (κ2) is 6.52. The highest BCUT2D eigenvalue weighted by atomic mass is 35.5.